The van der Waals surface area contributed by atoms with Crippen LogP contribution in [0.2, 0.25) is 0 Å². The van der Waals surface area contributed by atoms with Crippen LogP contribution in [-0.2, 0) is 9.59 Å². The van der Waals surface area contributed by atoms with Gasteiger partial charge in [0.2, 0.25) is 0 Å². The smallest absolute Gasteiger partial charge is 0.341 e. The molecule has 3 rings (SSSR count). The lowest BCUT2D eigenvalue weighted by Gasteiger charge is -2.14. The molecule has 0 bridgehead atoms. The summed E-state index contributed by atoms with van der Waals surface area (Å²) in [5, 5.41) is 9.58. The van der Waals surface area contributed by atoms with E-state index in [0.717, 1.165) is 22.4 Å². The van der Waals surface area contributed by atoms with Crippen molar-refractivity contribution in [3.63, 3.8) is 0 Å². The fourth-order valence-electron chi connectivity index (χ4n) is 3.31. The van der Waals surface area contributed by atoms with Crippen molar-refractivity contribution in [1.29, 1.82) is 0 Å². The predicted molar refractivity (Wildman–Crippen MR) is 139 cm³/mol. The molecule has 1 heterocycles. The summed E-state index contributed by atoms with van der Waals surface area (Å²) in [5.74, 6) is -0.362. The fraction of sp³-hybridized carbons (Fsp3) is 0.292. The van der Waals surface area contributed by atoms with Crippen molar-refractivity contribution in [2.45, 2.75) is 27.7 Å². The van der Waals surface area contributed by atoms with E-state index < -0.39 is 12.6 Å². The van der Waals surface area contributed by atoms with Gasteiger partial charge in [-0.2, -0.15) is 0 Å². The molecule has 0 spiro atoms. The van der Waals surface area contributed by atoms with E-state index >= 15 is 0 Å². The van der Waals surface area contributed by atoms with Crippen molar-refractivity contribution in [2.75, 3.05) is 19.8 Å². The van der Waals surface area contributed by atoms with E-state index in [0.29, 0.717) is 38.3 Å². The van der Waals surface area contributed by atoms with E-state index in [-0.39, 0.29) is 5.91 Å². The number of rotatable bonds is 8. The largest absolute Gasteiger partial charge is 0.490 e. The molecule has 1 aliphatic heterocycles. The molecule has 1 fully saturated rings. The molecule has 2 aromatic carbocycles. The first-order valence-corrected chi connectivity index (χ1v) is 12.3. The second kappa shape index (κ2) is 11.1. The monoisotopic (exact) mass is 580 g/mol. The number of carboxylic acid groups (broad SMARTS) is 1. The van der Waals surface area contributed by atoms with Gasteiger partial charge in [0, 0.05) is 6.54 Å². The Morgan fingerprint density at radius 3 is 2.52 bits per heavy atom. The van der Waals surface area contributed by atoms with Crippen LogP contribution < -0.4 is 9.47 Å². The maximum atomic E-state index is 13.1. The van der Waals surface area contributed by atoms with Crippen molar-refractivity contribution in [1.82, 2.24) is 4.90 Å². The first-order chi connectivity index (χ1) is 15.7. The summed E-state index contributed by atoms with van der Waals surface area (Å²) >= 11 is 3.41. The Morgan fingerprint density at radius 1 is 1.21 bits per heavy atom. The van der Waals surface area contributed by atoms with Gasteiger partial charge in [0.05, 0.1) is 20.8 Å². The molecule has 174 valence electrons. The number of carbonyl (C=O) groups excluding carboxylic acids is 1. The number of benzene rings is 2. The van der Waals surface area contributed by atoms with E-state index in [1.54, 1.807) is 17.0 Å². The summed E-state index contributed by atoms with van der Waals surface area (Å²) in [6.45, 7) is 8.21. The molecular weight excluding hydrogens is 555 g/mol. The molecule has 1 saturated heterocycles. The summed E-state index contributed by atoms with van der Waals surface area (Å²) in [5.41, 5.74) is 3.74. The third-order valence-electron chi connectivity index (χ3n) is 4.82. The molecule has 0 saturated carbocycles. The Bertz CT molecular complexity index is 1130. The van der Waals surface area contributed by atoms with Crippen LogP contribution in [0.4, 0.5) is 5.69 Å². The first kappa shape index (κ1) is 25.1. The lowest BCUT2D eigenvalue weighted by atomic mass is 10.1. The molecule has 2 aromatic rings. The van der Waals surface area contributed by atoms with Crippen LogP contribution in [-0.4, -0.2) is 46.8 Å². The molecule has 0 radical (unpaired) electrons. The van der Waals surface area contributed by atoms with E-state index in [9.17, 15) is 9.59 Å². The number of aliphatic carboxylic acids is 1. The number of hydrogen-bond acceptors (Lipinski definition) is 6. The molecule has 33 heavy (non-hydrogen) atoms. The quantitative estimate of drug-likeness (QED) is 0.333. The second-order valence-corrected chi connectivity index (χ2v) is 9.41. The van der Waals surface area contributed by atoms with Gasteiger partial charge in [0.15, 0.2) is 23.3 Å². The van der Waals surface area contributed by atoms with Gasteiger partial charge < -0.3 is 14.6 Å². The van der Waals surface area contributed by atoms with E-state index in [4.69, 9.17) is 19.6 Å². The number of likely N-dealkylation sites (N-methyl/N-ethyl adjacent to an activating group) is 1. The average Bonchev–Trinajstić information content (AvgIpc) is 3.04. The zero-order valence-corrected chi connectivity index (χ0v) is 21.8. The number of amidine groups is 1. The normalized spacial score (nSPS) is 16.0. The minimum atomic E-state index is -1.07. The minimum absolute atomic E-state index is 0.105. The Kier molecular flexibility index (Phi) is 8.41. The van der Waals surface area contributed by atoms with Crippen molar-refractivity contribution in [3.8, 4) is 11.5 Å². The summed E-state index contributed by atoms with van der Waals surface area (Å²) in [7, 11) is 0. The highest BCUT2D eigenvalue weighted by Gasteiger charge is 2.32. The van der Waals surface area contributed by atoms with Crippen LogP contribution in [0.3, 0.4) is 0 Å². The van der Waals surface area contributed by atoms with Crippen molar-refractivity contribution in [2.24, 2.45) is 4.99 Å². The molecule has 9 heteroatoms. The van der Waals surface area contributed by atoms with Gasteiger partial charge >= 0.3 is 5.97 Å². The Morgan fingerprint density at radius 2 is 1.91 bits per heavy atom. The Hall–Kier alpha value is -2.53. The number of hydrogen-bond donors (Lipinski definition) is 1. The van der Waals surface area contributed by atoms with Gasteiger partial charge in [0.1, 0.15) is 0 Å². The number of ether oxygens (including phenoxy) is 2. The summed E-state index contributed by atoms with van der Waals surface area (Å²) in [4.78, 5) is 31.0. The summed E-state index contributed by atoms with van der Waals surface area (Å²) < 4.78 is 11.8. The Balaban J connectivity index is 1.98. The maximum absolute atomic E-state index is 13.1. The minimum Gasteiger partial charge on any atom is -0.490 e. The number of nitrogens with zero attached hydrogens (tertiary/aromatic N) is 2. The van der Waals surface area contributed by atoms with Gasteiger partial charge in [-0.25, -0.2) is 9.79 Å². The van der Waals surface area contributed by atoms with Gasteiger partial charge in [0.25, 0.3) is 5.91 Å². The molecule has 0 atom stereocenters. The molecule has 0 unspecified atom stereocenters. The number of carboxylic acids is 1. The molecule has 1 aliphatic rings. The number of aryl methyl sites for hydroxylation is 2. The van der Waals surface area contributed by atoms with Crippen LogP contribution in [0.15, 0.2) is 40.2 Å². The van der Waals surface area contributed by atoms with Crippen LogP contribution in [0.5, 0.6) is 11.5 Å². The lowest BCUT2D eigenvalue weighted by Crippen LogP contribution is -2.28. The number of amides is 1. The van der Waals surface area contributed by atoms with Gasteiger partial charge in [-0.15, -0.1) is 0 Å². The SMILES string of the molecule is CCOc1cc(/C=C2/SC(=Nc3c(C)cccc3C)N(CC)C2=O)cc(I)c1OCC(=O)O. The molecule has 1 N–H and O–H groups in total. The summed E-state index contributed by atoms with van der Waals surface area (Å²) in [6.07, 6.45) is 1.80. The molecule has 0 aliphatic carbocycles. The molecule has 1 amide bonds. The topological polar surface area (TPSA) is 88.4 Å². The zero-order chi connectivity index (χ0) is 24.1. The number of thioether (sulfide) groups is 1. The van der Waals surface area contributed by atoms with Gasteiger partial charge in [-0.05, 0) is 96.9 Å². The van der Waals surface area contributed by atoms with Crippen LogP contribution in [0, 0.1) is 17.4 Å². The molecule has 0 aromatic heterocycles. The number of carbonyl (C=O) groups is 2. The lowest BCUT2D eigenvalue weighted by molar-refractivity contribution is -0.139. The van der Waals surface area contributed by atoms with Gasteiger partial charge in [-0.1, -0.05) is 18.2 Å². The first-order valence-electron chi connectivity index (χ1n) is 10.4. The fourth-order valence-corrected chi connectivity index (χ4v) is 5.14. The predicted octanol–water partition coefficient (Wildman–Crippen LogP) is 5.39. The van der Waals surface area contributed by atoms with E-state index in [2.05, 4.69) is 22.6 Å². The van der Waals surface area contributed by atoms with Crippen LogP contribution in [0.25, 0.3) is 6.08 Å². The Labute approximate surface area is 211 Å². The van der Waals surface area contributed by atoms with Crippen molar-refractivity contribution < 1.29 is 24.2 Å². The highest BCUT2D eigenvalue weighted by atomic mass is 127. The van der Waals surface area contributed by atoms with E-state index in [1.807, 2.05) is 52.0 Å². The molecular formula is C24H25IN2O5S. The third-order valence-corrected chi connectivity index (χ3v) is 6.63. The van der Waals surface area contributed by atoms with Gasteiger partial charge in [-0.3, -0.25) is 9.69 Å². The zero-order valence-electron chi connectivity index (χ0n) is 18.8. The molecule has 7 nitrogen and oxygen atoms in total. The third kappa shape index (κ3) is 5.89. The number of halogens is 1. The van der Waals surface area contributed by atoms with Crippen LogP contribution >= 0.6 is 34.4 Å². The maximum Gasteiger partial charge on any atom is 0.341 e. The summed E-state index contributed by atoms with van der Waals surface area (Å²) in [6, 6.07) is 9.59. The highest BCUT2D eigenvalue weighted by molar-refractivity contribution is 14.1. The number of aliphatic imine (C=N–C) groups is 1. The second-order valence-electron chi connectivity index (χ2n) is 7.24. The van der Waals surface area contributed by atoms with Crippen LogP contribution in [0.1, 0.15) is 30.5 Å². The van der Waals surface area contributed by atoms with E-state index in [1.165, 1.54) is 11.8 Å². The van der Waals surface area contributed by atoms with Crippen molar-refractivity contribution >= 4 is 63.2 Å². The highest BCUT2D eigenvalue weighted by Crippen LogP contribution is 2.38. The average molecular weight is 580 g/mol. The standard InChI is InChI=1S/C24H25IN2O5S/c1-5-27-23(30)19(33-24(27)26-21-14(3)8-7-9-15(21)4)12-16-10-17(25)22(32-13-20(28)29)18(11-16)31-6-2/h7-12H,5-6,13H2,1-4H3,(H,28,29)/b19-12+,26-24?. The number of para-hydroxylation sites is 1. The van der Waals surface area contributed by atoms with Crippen molar-refractivity contribution in [3.05, 3.63) is 55.5 Å².